The number of carbonyl (C=O) groups is 1. The van der Waals surface area contributed by atoms with Crippen molar-refractivity contribution < 1.29 is 27.8 Å². The van der Waals surface area contributed by atoms with E-state index in [1.165, 1.54) is 47.8 Å². The fraction of sp³-hybridized carbons (Fsp3) is 0.259. The van der Waals surface area contributed by atoms with Crippen molar-refractivity contribution in [2.24, 2.45) is 0 Å². The molecule has 37 heavy (non-hydrogen) atoms. The second kappa shape index (κ2) is 10.9. The van der Waals surface area contributed by atoms with Crippen LogP contribution in [0.15, 0.2) is 64.9 Å². The van der Waals surface area contributed by atoms with Crippen molar-refractivity contribution in [3.63, 3.8) is 0 Å². The fourth-order valence-electron chi connectivity index (χ4n) is 3.40. The molecule has 4 nitrogen and oxygen atoms in total. The average Bonchev–Trinajstić information content (AvgIpc) is 3.43. The van der Waals surface area contributed by atoms with Gasteiger partial charge >= 0.3 is 12.1 Å². The number of thiazole rings is 1. The largest absolute Gasteiger partial charge is 0.478 e. The van der Waals surface area contributed by atoms with Gasteiger partial charge in [0, 0.05) is 32.4 Å². The van der Waals surface area contributed by atoms with Crippen LogP contribution in [0.25, 0.3) is 10.6 Å². The van der Waals surface area contributed by atoms with Crippen molar-refractivity contribution >= 4 is 40.4 Å². The molecule has 0 spiro atoms. The SMILES string of the molecule is Cc1csc(Cc2nc(-c3ccc(C(F)(F)F)cc3)sc2CSc2ccc(OC(C)(C)C(=O)O)cc2)c1. The van der Waals surface area contributed by atoms with Crippen LogP contribution in [0.3, 0.4) is 0 Å². The molecule has 0 aliphatic heterocycles. The fourth-order valence-corrected chi connectivity index (χ4v) is 6.36. The number of benzene rings is 2. The Bertz CT molecular complexity index is 1370. The zero-order chi connectivity index (χ0) is 26.8. The number of carboxylic acids is 1. The summed E-state index contributed by atoms with van der Waals surface area (Å²) in [5.41, 5.74) is 0.735. The van der Waals surface area contributed by atoms with E-state index in [1.807, 2.05) is 19.1 Å². The maximum absolute atomic E-state index is 13.0. The summed E-state index contributed by atoms with van der Waals surface area (Å²) >= 11 is 4.75. The van der Waals surface area contributed by atoms with Crippen molar-refractivity contribution in [3.8, 4) is 16.3 Å². The molecule has 1 N–H and O–H groups in total. The molecule has 0 atom stereocenters. The molecular weight excluding hydrogens is 539 g/mol. The summed E-state index contributed by atoms with van der Waals surface area (Å²) in [6.07, 6.45) is -3.72. The molecule has 0 bridgehead atoms. The van der Waals surface area contributed by atoms with Crippen LogP contribution in [0.1, 0.15) is 40.4 Å². The quantitative estimate of drug-likeness (QED) is 0.208. The third kappa shape index (κ3) is 6.94. The Balaban J connectivity index is 1.54. The molecule has 10 heteroatoms. The minimum Gasteiger partial charge on any atom is -0.478 e. The normalized spacial score (nSPS) is 12.1. The number of hydrogen-bond acceptors (Lipinski definition) is 6. The number of hydrogen-bond donors (Lipinski definition) is 1. The van der Waals surface area contributed by atoms with E-state index in [4.69, 9.17) is 9.72 Å². The highest BCUT2D eigenvalue weighted by Gasteiger charge is 2.30. The number of aryl methyl sites for hydroxylation is 1. The molecule has 0 radical (unpaired) electrons. The Hall–Kier alpha value is -2.82. The number of carboxylic acid groups (broad SMARTS) is 1. The smallest absolute Gasteiger partial charge is 0.416 e. The van der Waals surface area contributed by atoms with E-state index < -0.39 is 23.3 Å². The summed E-state index contributed by atoms with van der Waals surface area (Å²) in [6, 6.07) is 14.5. The van der Waals surface area contributed by atoms with Crippen molar-refractivity contribution in [2.75, 3.05) is 0 Å². The zero-order valence-electron chi connectivity index (χ0n) is 20.3. The Morgan fingerprint density at radius 1 is 1.08 bits per heavy atom. The molecule has 0 amide bonds. The third-order valence-electron chi connectivity index (χ3n) is 5.45. The van der Waals surface area contributed by atoms with E-state index in [0.717, 1.165) is 27.6 Å². The van der Waals surface area contributed by atoms with Gasteiger partial charge in [0.15, 0.2) is 5.60 Å². The van der Waals surface area contributed by atoms with Crippen molar-refractivity contribution in [1.29, 1.82) is 0 Å². The number of rotatable bonds is 9. The van der Waals surface area contributed by atoms with Crippen molar-refractivity contribution in [2.45, 2.75) is 49.6 Å². The summed E-state index contributed by atoms with van der Waals surface area (Å²) in [5, 5.41) is 12.0. The maximum atomic E-state index is 13.0. The van der Waals surface area contributed by atoms with Gasteiger partial charge in [-0.25, -0.2) is 9.78 Å². The Kier molecular flexibility index (Phi) is 8.01. The van der Waals surface area contributed by atoms with Crippen LogP contribution < -0.4 is 4.74 Å². The van der Waals surface area contributed by atoms with E-state index in [0.29, 0.717) is 28.5 Å². The van der Waals surface area contributed by atoms with Crippen LogP contribution in [-0.2, 0) is 23.1 Å². The van der Waals surface area contributed by atoms with Crippen LogP contribution in [0, 0.1) is 6.92 Å². The van der Waals surface area contributed by atoms with E-state index >= 15 is 0 Å². The molecule has 0 fully saturated rings. The highest BCUT2D eigenvalue weighted by Crippen LogP contribution is 2.37. The van der Waals surface area contributed by atoms with Crippen LogP contribution in [0.2, 0.25) is 0 Å². The average molecular weight is 564 g/mol. The van der Waals surface area contributed by atoms with Crippen molar-refractivity contribution in [1.82, 2.24) is 4.98 Å². The first-order valence-electron chi connectivity index (χ1n) is 11.3. The molecule has 4 aromatic rings. The van der Waals surface area contributed by atoms with E-state index in [9.17, 15) is 23.1 Å². The van der Waals surface area contributed by atoms with Gasteiger partial charge in [0.05, 0.1) is 11.3 Å². The molecule has 0 aliphatic rings. The summed E-state index contributed by atoms with van der Waals surface area (Å²) in [5.74, 6) is 0.0556. The van der Waals surface area contributed by atoms with Gasteiger partial charge in [0.2, 0.25) is 0 Å². The van der Waals surface area contributed by atoms with Gasteiger partial charge in [-0.1, -0.05) is 12.1 Å². The molecule has 194 valence electrons. The second-order valence-corrected chi connectivity index (χ2v) is 12.0. The molecular formula is C27H24F3NO3S3. The minimum atomic E-state index is -4.38. The molecule has 0 aliphatic carbocycles. The van der Waals surface area contributed by atoms with Gasteiger partial charge in [-0.3, -0.25) is 0 Å². The first kappa shape index (κ1) is 27.2. The Morgan fingerprint density at radius 2 is 1.76 bits per heavy atom. The highest BCUT2D eigenvalue weighted by molar-refractivity contribution is 7.98. The van der Waals surface area contributed by atoms with Crippen molar-refractivity contribution in [3.05, 3.63) is 86.6 Å². The number of nitrogens with zero attached hydrogens (tertiary/aromatic N) is 1. The third-order valence-corrected chi connectivity index (χ3v) is 8.87. The lowest BCUT2D eigenvalue weighted by Crippen LogP contribution is -2.37. The van der Waals surface area contributed by atoms with E-state index in [2.05, 4.69) is 11.4 Å². The molecule has 0 saturated heterocycles. The van der Waals surface area contributed by atoms with E-state index in [-0.39, 0.29) is 0 Å². The number of ether oxygens (including phenoxy) is 1. The van der Waals surface area contributed by atoms with E-state index in [1.54, 1.807) is 35.2 Å². The number of aromatic nitrogens is 1. The summed E-state index contributed by atoms with van der Waals surface area (Å²) < 4.78 is 44.5. The number of halogens is 3. The predicted molar refractivity (Wildman–Crippen MR) is 143 cm³/mol. The standard InChI is InChI=1S/C27H24F3NO3S3/c1-16-12-21(35-14-16)13-22-23(37-24(31-22)17-4-6-18(7-5-17)27(28,29)30)15-36-20-10-8-19(9-11-20)34-26(2,3)25(32)33/h4-12,14H,13,15H2,1-3H3,(H,32,33). The van der Waals surface area contributed by atoms with Gasteiger partial charge in [-0.2, -0.15) is 13.2 Å². The molecule has 4 rings (SSSR count). The predicted octanol–water partition coefficient (Wildman–Crippen LogP) is 8.32. The Morgan fingerprint density at radius 3 is 2.32 bits per heavy atom. The topological polar surface area (TPSA) is 59.4 Å². The number of alkyl halides is 3. The van der Waals surface area contributed by atoms with Gasteiger partial charge in [-0.15, -0.1) is 34.4 Å². The summed E-state index contributed by atoms with van der Waals surface area (Å²) in [6.45, 7) is 5.02. The number of thiophene rings is 1. The van der Waals surface area contributed by atoms with Gasteiger partial charge < -0.3 is 9.84 Å². The second-order valence-electron chi connectivity index (χ2n) is 8.91. The lowest BCUT2D eigenvalue weighted by molar-refractivity contribution is -0.152. The van der Waals surface area contributed by atoms with Gasteiger partial charge in [0.1, 0.15) is 10.8 Å². The van der Waals surface area contributed by atoms with Gasteiger partial charge in [-0.05, 0) is 74.2 Å². The minimum absolute atomic E-state index is 0.466. The van der Waals surface area contributed by atoms with Crippen LogP contribution in [0.4, 0.5) is 13.2 Å². The zero-order valence-corrected chi connectivity index (χ0v) is 22.7. The molecule has 2 aromatic heterocycles. The number of aliphatic carboxylic acids is 1. The number of thioether (sulfide) groups is 1. The summed E-state index contributed by atoms with van der Waals surface area (Å²) in [4.78, 5) is 19.3. The van der Waals surface area contributed by atoms with Crippen LogP contribution in [-0.4, -0.2) is 21.7 Å². The first-order valence-corrected chi connectivity index (χ1v) is 13.9. The monoisotopic (exact) mass is 563 g/mol. The highest BCUT2D eigenvalue weighted by atomic mass is 32.2. The lowest BCUT2D eigenvalue weighted by Gasteiger charge is -2.21. The molecule has 0 unspecified atom stereocenters. The maximum Gasteiger partial charge on any atom is 0.416 e. The van der Waals surface area contributed by atoms with Crippen LogP contribution in [0.5, 0.6) is 5.75 Å². The molecule has 0 saturated carbocycles. The van der Waals surface area contributed by atoms with Crippen LogP contribution >= 0.6 is 34.4 Å². The first-order chi connectivity index (χ1) is 17.4. The molecule has 2 heterocycles. The van der Waals surface area contributed by atoms with Gasteiger partial charge in [0.25, 0.3) is 0 Å². The lowest BCUT2D eigenvalue weighted by atomic mass is 10.1. The Labute approximate surface area is 225 Å². The molecule has 2 aromatic carbocycles. The summed E-state index contributed by atoms with van der Waals surface area (Å²) in [7, 11) is 0.